The van der Waals surface area contributed by atoms with Gasteiger partial charge in [0, 0.05) is 12.6 Å². The van der Waals surface area contributed by atoms with E-state index >= 15 is 0 Å². The van der Waals surface area contributed by atoms with Crippen molar-refractivity contribution >= 4 is 0 Å². The van der Waals surface area contributed by atoms with Crippen molar-refractivity contribution in [3.05, 3.63) is 0 Å². The molecule has 2 atom stereocenters. The predicted octanol–water partition coefficient (Wildman–Crippen LogP) is 1.65. The number of epoxide rings is 1. The SMILES string of the molecule is CC1CCCCCN1C[C@@H]1CO1. The minimum absolute atomic E-state index is 0.575. The van der Waals surface area contributed by atoms with E-state index in [2.05, 4.69) is 11.8 Å². The fraction of sp³-hybridized carbons (Fsp3) is 1.00. The Morgan fingerprint density at radius 2 is 2.17 bits per heavy atom. The van der Waals surface area contributed by atoms with Crippen LogP contribution >= 0.6 is 0 Å². The van der Waals surface area contributed by atoms with Crippen LogP contribution < -0.4 is 0 Å². The molecule has 2 aliphatic heterocycles. The van der Waals surface area contributed by atoms with E-state index in [-0.39, 0.29) is 0 Å². The van der Waals surface area contributed by atoms with E-state index in [1.807, 2.05) is 0 Å². The molecule has 2 rings (SSSR count). The third kappa shape index (κ3) is 2.20. The molecule has 2 heterocycles. The van der Waals surface area contributed by atoms with Crippen LogP contribution in [0.4, 0.5) is 0 Å². The molecular weight excluding hydrogens is 150 g/mol. The molecule has 2 heteroatoms. The second-order valence-electron chi connectivity index (χ2n) is 4.15. The number of rotatable bonds is 2. The summed E-state index contributed by atoms with van der Waals surface area (Å²) in [5.41, 5.74) is 0. The summed E-state index contributed by atoms with van der Waals surface area (Å²) >= 11 is 0. The average molecular weight is 169 g/mol. The maximum absolute atomic E-state index is 5.26. The fourth-order valence-electron chi connectivity index (χ4n) is 2.04. The number of nitrogens with zero attached hydrogens (tertiary/aromatic N) is 1. The van der Waals surface area contributed by atoms with Gasteiger partial charge in [-0.05, 0) is 26.3 Å². The first-order chi connectivity index (χ1) is 5.86. The Morgan fingerprint density at radius 1 is 1.33 bits per heavy atom. The van der Waals surface area contributed by atoms with Gasteiger partial charge in [0.25, 0.3) is 0 Å². The van der Waals surface area contributed by atoms with Gasteiger partial charge in [0.2, 0.25) is 0 Å². The third-order valence-electron chi connectivity index (χ3n) is 3.03. The topological polar surface area (TPSA) is 15.8 Å². The Bertz CT molecular complexity index is 145. The highest BCUT2D eigenvalue weighted by Gasteiger charge is 2.27. The molecule has 0 aromatic heterocycles. The van der Waals surface area contributed by atoms with E-state index in [1.165, 1.54) is 38.8 Å². The van der Waals surface area contributed by atoms with Crippen LogP contribution in [0.1, 0.15) is 32.6 Å². The number of hydrogen-bond donors (Lipinski definition) is 0. The lowest BCUT2D eigenvalue weighted by atomic mass is 10.1. The van der Waals surface area contributed by atoms with Gasteiger partial charge in [-0.3, -0.25) is 4.90 Å². The maximum atomic E-state index is 5.26. The zero-order valence-corrected chi connectivity index (χ0v) is 7.96. The smallest absolute Gasteiger partial charge is 0.0936 e. The zero-order chi connectivity index (χ0) is 8.39. The Labute approximate surface area is 74.9 Å². The molecule has 0 aromatic rings. The van der Waals surface area contributed by atoms with Crippen molar-refractivity contribution in [3.8, 4) is 0 Å². The monoisotopic (exact) mass is 169 g/mol. The van der Waals surface area contributed by atoms with Gasteiger partial charge < -0.3 is 4.74 Å². The zero-order valence-electron chi connectivity index (χ0n) is 7.96. The summed E-state index contributed by atoms with van der Waals surface area (Å²) in [5.74, 6) is 0. The molecule has 2 aliphatic rings. The molecule has 0 aromatic carbocycles. The van der Waals surface area contributed by atoms with Crippen LogP contribution in [0.2, 0.25) is 0 Å². The molecule has 2 fully saturated rings. The van der Waals surface area contributed by atoms with Crippen molar-refractivity contribution < 1.29 is 4.74 Å². The van der Waals surface area contributed by atoms with Crippen LogP contribution in [-0.4, -0.2) is 36.7 Å². The minimum Gasteiger partial charge on any atom is -0.372 e. The normalized spacial score (nSPS) is 37.8. The summed E-state index contributed by atoms with van der Waals surface area (Å²) in [7, 11) is 0. The van der Waals surface area contributed by atoms with Crippen molar-refractivity contribution in [1.82, 2.24) is 4.90 Å². The minimum atomic E-state index is 0.575. The highest BCUT2D eigenvalue weighted by molar-refractivity contribution is 4.79. The fourth-order valence-corrected chi connectivity index (χ4v) is 2.04. The van der Waals surface area contributed by atoms with Crippen LogP contribution in [0.15, 0.2) is 0 Å². The predicted molar refractivity (Wildman–Crippen MR) is 49.2 cm³/mol. The molecule has 2 saturated heterocycles. The van der Waals surface area contributed by atoms with Crippen molar-refractivity contribution in [2.75, 3.05) is 19.7 Å². The highest BCUT2D eigenvalue weighted by atomic mass is 16.6. The molecule has 1 unspecified atom stereocenters. The molecule has 0 N–H and O–H groups in total. The molecule has 70 valence electrons. The second kappa shape index (κ2) is 3.75. The van der Waals surface area contributed by atoms with Crippen molar-refractivity contribution in [1.29, 1.82) is 0 Å². The summed E-state index contributed by atoms with van der Waals surface area (Å²) in [5, 5.41) is 0. The number of hydrogen-bond acceptors (Lipinski definition) is 2. The average Bonchev–Trinajstić information content (AvgIpc) is 2.84. The van der Waals surface area contributed by atoms with Crippen LogP contribution in [0.25, 0.3) is 0 Å². The van der Waals surface area contributed by atoms with E-state index in [1.54, 1.807) is 0 Å². The molecule has 0 saturated carbocycles. The first kappa shape index (κ1) is 8.52. The van der Waals surface area contributed by atoms with Crippen molar-refractivity contribution in [2.24, 2.45) is 0 Å². The first-order valence-corrected chi connectivity index (χ1v) is 5.22. The Balaban J connectivity index is 1.81. The van der Waals surface area contributed by atoms with Crippen LogP contribution in [0.5, 0.6) is 0 Å². The Kier molecular flexibility index (Phi) is 2.66. The molecular formula is C10H19NO. The van der Waals surface area contributed by atoms with Gasteiger partial charge in [-0.25, -0.2) is 0 Å². The molecule has 0 amide bonds. The lowest BCUT2D eigenvalue weighted by Crippen LogP contribution is -2.35. The Morgan fingerprint density at radius 3 is 2.92 bits per heavy atom. The van der Waals surface area contributed by atoms with Gasteiger partial charge >= 0.3 is 0 Å². The quantitative estimate of drug-likeness (QED) is 0.584. The van der Waals surface area contributed by atoms with Gasteiger partial charge in [0.1, 0.15) is 0 Å². The summed E-state index contributed by atoms with van der Waals surface area (Å²) < 4.78 is 5.26. The van der Waals surface area contributed by atoms with Gasteiger partial charge in [-0.1, -0.05) is 12.8 Å². The summed E-state index contributed by atoms with van der Waals surface area (Å²) in [6.07, 6.45) is 6.19. The largest absolute Gasteiger partial charge is 0.372 e. The molecule has 0 spiro atoms. The third-order valence-corrected chi connectivity index (χ3v) is 3.03. The number of ether oxygens (including phenoxy) is 1. The van der Waals surface area contributed by atoms with Crippen LogP contribution in [-0.2, 0) is 4.74 Å². The molecule has 0 aliphatic carbocycles. The lowest BCUT2D eigenvalue weighted by molar-refractivity contribution is 0.193. The van der Waals surface area contributed by atoms with Gasteiger partial charge in [-0.2, -0.15) is 0 Å². The van der Waals surface area contributed by atoms with E-state index in [0.29, 0.717) is 6.10 Å². The Hall–Kier alpha value is -0.0800. The van der Waals surface area contributed by atoms with Gasteiger partial charge in [0.15, 0.2) is 0 Å². The van der Waals surface area contributed by atoms with Crippen molar-refractivity contribution in [3.63, 3.8) is 0 Å². The standard InChI is InChI=1S/C10H19NO/c1-9-5-3-2-4-6-11(9)7-10-8-12-10/h9-10H,2-8H2,1H3/t9?,10-/m1/s1. The highest BCUT2D eigenvalue weighted by Crippen LogP contribution is 2.19. The maximum Gasteiger partial charge on any atom is 0.0936 e. The van der Waals surface area contributed by atoms with E-state index in [0.717, 1.165) is 12.6 Å². The van der Waals surface area contributed by atoms with Crippen LogP contribution in [0, 0.1) is 0 Å². The van der Waals surface area contributed by atoms with Gasteiger partial charge in [-0.15, -0.1) is 0 Å². The summed E-state index contributed by atoms with van der Waals surface area (Å²) in [4.78, 5) is 2.60. The molecule has 0 bridgehead atoms. The first-order valence-electron chi connectivity index (χ1n) is 5.22. The molecule has 2 nitrogen and oxygen atoms in total. The van der Waals surface area contributed by atoms with E-state index in [4.69, 9.17) is 4.74 Å². The van der Waals surface area contributed by atoms with E-state index < -0.39 is 0 Å². The number of likely N-dealkylation sites (tertiary alicyclic amines) is 1. The van der Waals surface area contributed by atoms with Gasteiger partial charge in [0.05, 0.1) is 12.7 Å². The van der Waals surface area contributed by atoms with E-state index in [9.17, 15) is 0 Å². The van der Waals surface area contributed by atoms with Crippen molar-refractivity contribution in [2.45, 2.75) is 44.8 Å². The lowest BCUT2D eigenvalue weighted by Gasteiger charge is -2.25. The summed E-state index contributed by atoms with van der Waals surface area (Å²) in [6, 6.07) is 0.789. The molecule has 0 radical (unpaired) electrons. The molecule has 12 heavy (non-hydrogen) atoms. The van der Waals surface area contributed by atoms with Crippen LogP contribution in [0.3, 0.4) is 0 Å². The summed E-state index contributed by atoms with van der Waals surface area (Å²) in [6.45, 7) is 5.83. The second-order valence-corrected chi connectivity index (χ2v) is 4.15.